The fourth-order valence-electron chi connectivity index (χ4n) is 2.31. The van der Waals surface area contributed by atoms with E-state index in [0.29, 0.717) is 11.5 Å². The lowest BCUT2D eigenvalue weighted by atomic mass is 9.89. The molecule has 0 bridgehead atoms. The highest BCUT2D eigenvalue weighted by Gasteiger charge is 2.27. The van der Waals surface area contributed by atoms with E-state index < -0.39 is 5.60 Å². The highest BCUT2D eigenvalue weighted by molar-refractivity contribution is 6.06. The van der Waals surface area contributed by atoms with E-state index in [9.17, 15) is 9.90 Å². The Morgan fingerprint density at radius 3 is 2.10 bits per heavy atom. The van der Waals surface area contributed by atoms with Gasteiger partial charge in [0.15, 0.2) is 5.78 Å². The summed E-state index contributed by atoms with van der Waals surface area (Å²) in [6, 6.07) is 15.7. The molecule has 0 saturated heterocycles. The van der Waals surface area contributed by atoms with Crippen LogP contribution in [0.15, 0.2) is 48.5 Å². The monoisotopic (exact) mass is 282 g/mol. The molecule has 0 aliphatic heterocycles. The summed E-state index contributed by atoms with van der Waals surface area (Å²) in [7, 11) is 0. The molecule has 2 aromatic rings. The molecule has 1 N–H and O–H groups in total. The molecule has 0 atom stereocenters. The van der Waals surface area contributed by atoms with Gasteiger partial charge in [-0.2, -0.15) is 0 Å². The molecular weight excluding hydrogens is 260 g/mol. The molecule has 0 aliphatic carbocycles. The smallest absolute Gasteiger partial charge is 0.194 e. The summed E-state index contributed by atoms with van der Waals surface area (Å²) in [5.41, 5.74) is 2.31. The summed E-state index contributed by atoms with van der Waals surface area (Å²) in [6.45, 7) is 7.35. The minimum atomic E-state index is -1.37. The average Bonchev–Trinajstić information content (AvgIpc) is 2.45. The van der Waals surface area contributed by atoms with E-state index in [1.165, 1.54) is 19.4 Å². The summed E-state index contributed by atoms with van der Waals surface area (Å²) in [4.78, 5) is 12.4. The van der Waals surface area contributed by atoms with Crippen LogP contribution in [-0.2, 0) is 0 Å². The molecule has 0 heterocycles. The Kier molecular flexibility index (Phi) is 4.29. The second-order valence-corrected chi connectivity index (χ2v) is 6.21. The molecule has 0 radical (unpaired) electrons. The molecule has 2 nitrogen and oxygen atoms in total. The molecule has 0 spiro atoms. The predicted molar refractivity (Wildman–Crippen MR) is 86.6 cm³/mol. The van der Waals surface area contributed by atoms with Crippen LogP contribution in [0.3, 0.4) is 0 Å². The van der Waals surface area contributed by atoms with E-state index in [0.717, 1.165) is 11.1 Å². The highest BCUT2D eigenvalue weighted by atomic mass is 16.3. The zero-order chi connectivity index (χ0) is 15.6. The topological polar surface area (TPSA) is 37.3 Å². The average molecular weight is 282 g/mol. The molecular formula is C19H22O2. The van der Waals surface area contributed by atoms with Crippen molar-refractivity contribution in [2.75, 3.05) is 0 Å². The normalized spacial score (nSPS) is 11.7. The minimum absolute atomic E-state index is 0.258. The van der Waals surface area contributed by atoms with Crippen molar-refractivity contribution in [1.82, 2.24) is 0 Å². The summed E-state index contributed by atoms with van der Waals surface area (Å²) < 4.78 is 0. The Bertz CT molecular complexity index is 631. The SMILES string of the molecule is CC(C)c1ccc(-c2ccccc2C(=O)C(C)(C)O)cc1. The Labute approximate surface area is 126 Å². The molecule has 110 valence electrons. The van der Waals surface area contributed by atoms with Gasteiger partial charge in [-0.25, -0.2) is 0 Å². The van der Waals surface area contributed by atoms with E-state index >= 15 is 0 Å². The van der Waals surface area contributed by atoms with Gasteiger partial charge >= 0.3 is 0 Å². The van der Waals surface area contributed by atoms with Crippen LogP contribution in [-0.4, -0.2) is 16.5 Å². The van der Waals surface area contributed by atoms with Gasteiger partial charge in [0.05, 0.1) is 0 Å². The first-order chi connectivity index (χ1) is 9.80. The lowest BCUT2D eigenvalue weighted by Gasteiger charge is -2.18. The largest absolute Gasteiger partial charge is 0.382 e. The van der Waals surface area contributed by atoms with Crippen molar-refractivity contribution in [1.29, 1.82) is 0 Å². The van der Waals surface area contributed by atoms with Crippen LogP contribution >= 0.6 is 0 Å². The van der Waals surface area contributed by atoms with Crippen molar-refractivity contribution < 1.29 is 9.90 Å². The Hall–Kier alpha value is -1.93. The van der Waals surface area contributed by atoms with Crippen LogP contribution in [0.1, 0.15) is 49.5 Å². The minimum Gasteiger partial charge on any atom is -0.382 e. The molecule has 0 unspecified atom stereocenters. The van der Waals surface area contributed by atoms with Gasteiger partial charge in [-0.3, -0.25) is 4.79 Å². The van der Waals surface area contributed by atoms with Gasteiger partial charge in [-0.1, -0.05) is 62.4 Å². The number of aliphatic hydroxyl groups is 1. The fraction of sp³-hybridized carbons (Fsp3) is 0.316. The number of rotatable bonds is 4. The maximum atomic E-state index is 12.4. The molecule has 0 fully saturated rings. The number of ketones is 1. The molecule has 0 aromatic heterocycles. The van der Waals surface area contributed by atoms with E-state index in [1.54, 1.807) is 6.07 Å². The van der Waals surface area contributed by atoms with Gasteiger partial charge in [-0.15, -0.1) is 0 Å². The van der Waals surface area contributed by atoms with Crippen molar-refractivity contribution in [2.24, 2.45) is 0 Å². The van der Waals surface area contributed by atoms with Gasteiger partial charge in [-0.05, 0) is 36.5 Å². The number of carbonyl (C=O) groups is 1. The molecule has 0 aliphatic rings. The van der Waals surface area contributed by atoms with E-state index in [1.807, 2.05) is 30.3 Å². The second-order valence-electron chi connectivity index (χ2n) is 6.21. The zero-order valence-corrected chi connectivity index (χ0v) is 13.1. The number of benzene rings is 2. The predicted octanol–water partition coefficient (Wildman–Crippen LogP) is 4.43. The zero-order valence-electron chi connectivity index (χ0n) is 13.1. The first-order valence-corrected chi connectivity index (χ1v) is 7.27. The van der Waals surface area contributed by atoms with E-state index in [4.69, 9.17) is 0 Å². The van der Waals surface area contributed by atoms with Gasteiger partial charge in [0.1, 0.15) is 5.60 Å². The van der Waals surface area contributed by atoms with Crippen molar-refractivity contribution in [3.05, 3.63) is 59.7 Å². The lowest BCUT2D eigenvalue weighted by molar-refractivity contribution is 0.0488. The van der Waals surface area contributed by atoms with Gasteiger partial charge in [0, 0.05) is 5.56 Å². The Morgan fingerprint density at radius 2 is 1.57 bits per heavy atom. The van der Waals surface area contributed by atoms with Crippen molar-refractivity contribution in [2.45, 2.75) is 39.2 Å². The summed E-state index contributed by atoms with van der Waals surface area (Å²) in [6.07, 6.45) is 0. The van der Waals surface area contributed by atoms with Crippen LogP contribution in [0.4, 0.5) is 0 Å². The first kappa shape index (κ1) is 15.5. The van der Waals surface area contributed by atoms with Crippen LogP contribution < -0.4 is 0 Å². The number of hydrogen-bond donors (Lipinski definition) is 1. The fourth-order valence-corrected chi connectivity index (χ4v) is 2.31. The van der Waals surface area contributed by atoms with Crippen molar-refractivity contribution in [3.63, 3.8) is 0 Å². The summed E-state index contributed by atoms with van der Waals surface area (Å²) in [5.74, 6) is 0.221. The number of Topliss-reactive ketones (excluding diaryl/α,β-unsaturated/α-hetero) is 1. The van der Waals surface area contributed by atoms with Gasteiger partial charge in [0.25, 0.3) is 0 Å². The highest BCUT2D eigenvalue weighted by Crippen LogP contribution is 2.28. The van der Waals surface area contributed by atoms with Gasteiger partial charge in [0.2, 0.25) is 0 Å². The standard InChI is InChI=1S/C19H22O2/c1-13(2)14-9-11-15(12-10-14)16-7-5-6-8-17(16)18(20)19(3,4)21/h5-13,21H,1-4H3. The number of hydrogen-bond acceptors (Lipinski definition) is 2. The third kappa shape index (κ3) is 3.40. The molecule has 0 amide bonds. The van der Waals surface area contributed by atoms with Gasteiger partial charge < -0.3 is 5.11 Å². The van der Waals surface area contributed by atoms with E-state index in [2.05, 4.69) is 26.0 Å². The number of carbonyl (C=O) groups excluding carboxylic acids is 1. The van der Waals surface area contributed by atoms with Crippen LogP contribution in [0.2, 0.25) is 0 Å². The maximum absolute atomic E-state index is 12.4. The maximum Gasteiger partial charge on any atom is 0.194 e. The molecule has 2 aromatic carbocycles. The Morgan fingerprint density at radius 1 is 1.00 bits per heavy atom. The second kappa shape index (κ2) is 5.82. The first-order valence-electron chi connectivity index (χ1n) is 7.27. The molecule has 2 rings (SSSR count). The Balaban J connectivity index is 2.47. The molecule has 2 heteroatoms. The summed E-state index contributed by atoms with van der Waals surface area (Å²) in [5, 5.41) is 9.98. The van der Waals surface area contributed by atoms with Crippen molar-refractivity contribution in [3.8, 4) is 11.1 Å². The van der Waals surface area contributed by atoms with Crippen LogP contribution in [0.5, 0.6) is 0 Å². The van der Waals surface area contributed by atoms with Crippen LogP contribution in [0.25, 0.3) is 11.1 Å². The van der Waals surface area contributed by atoms with E-state index in [-0.39, 0.29) is 5.78 Å². The van der Waals surface area contributed by atoms with Crippen LogP contribution in [0, 0.1) is 0 Å². The third-order valence-corrected chi connectivity index (χ3v) is 3.62. The third-order valence-electron chi connectivity index (χ3n) is 3.62. The molecule has 21 heavy (non-hydrogen) atoms. The van der Waals surface area contributed by atoms with Crippen molar-refractivity contribution >= 4 is 5.78 Å². The quantitative estimate of drug-likeness (QED) is 0.842. The summed E-state index contributed by atoms with van der Waals surface area (Å²) >= 11 is 0. The lowest BCUT2D eigenvalue weighted by Crippen LogP contribution is -2.31. The molecule has 0 saturated carbocycles.